The van der Waals surface area contributed by atoms with Crippen LogP contribution in [0.1, 0.15) is 33.1 Å². The predicted octanol–water partition coefficient (Wildman–Crippen LogP) is 5.17. The van der Waals surface area contributed by atoms with Crippen LogP contribution in [0.2, 0.25) is 5.02 Å². The second-order valence-electron chi connectivity index (χ2n) is 5.65. The molecule has 1 atom stereocenters. The van der Waals surface area contributed by atoms with Gasteiger partial charge in [0.05, 0.1) is 16.6 Å². The van der Waals surface area contributed by atoms with E-state index >= 15 is 0 Å². The summed E-state index contributed by atoms with van der Waals surface area (Å²) in [6, 6.07) is 24.9. The van der Waals surface area contributed by atoms with E-state index in [-0.39, 0.29) is 11.9 Å². The quantitative estimate of drug-likeness (QED) is 0.700. The number of nitrogens with one attached hydrogen (secondary N) is 1. The number of carbonyl (C=O) groups is 1. The third kappa shape index (κ3) is 3.50. The summed E-state index contributed by atoms with van der Waals surface area (Å²) < 4.78 is 0. The zero-order valence-corrected chi connectivity index (χ0v) is 14.1. The molecule has 0 aromatic heterocycles. The van der Waals surface area contributed by atoms with Crippen molar-refractivity contribution in [2.24, 2.45) is 0 Å². The Balaban J connectivity index is 1.99. The lowest BCUT2D eigenvalue weighted by molar-refractivity contribution is 0.0943. The summed E-state index contributed by atoms with van der Waals surface area (Å²) in [5.74, 6) is -0.183. The van der Waals surface area contributed by atoms with Crippen molar-refractivity contribution in [1.29, 1.82) is 0 Å². The van der Waals surface area contributed by atoms with E-state index < -0.39 is 0 Å². The fourth-order valence-electron chi connectivity index (χ4n) is 2.75. The van der Waals surface area contributed by atoms with Gasteiger partial charge in [0.25, 0.3) is 5.91 Å². The van der Waals surface area contributed by atoms with Crippen molar-refractivity contribution >= 4 is 17.5 Å². The van der Waals surface area contributed by atoms with E-state index in [1.54, 1.807) is 12.1 Å². The Bertz CT molecular complexity index is 845. The molecule has 24 heavy (non-hydrogen) atoms. The lowest BCUT2D eigenvalue weighted by Gasteiger charge is -2.22. The fourth-order valence-corrected chi connectivity index (χ4v) is 2.97. The molecule has 1 amide bonds. The van der Waals surface area contributed by atoms with Crippen LogP contribution in [-0.2, 0) is 0 Å². The van der Waals surface area contributed by atoms with Crippen LogP contribution in [0.15, 0.2) is 78.9 Å². The Morgan fingerprint density at radius 3 is 2.21 bits per heavy atom. The Labute approximate surface area is 147 Å². The highest BCUT2D eigenvalue weighted by atomic mass is 35.5. The molecule has 0 radical (unpaired) electrons. The average molecular weight is 336 g/mol. The molecule has 3 heteroatoms. The standard InChI is InChI=1S/C21H18ClNO/c1-15-9-5-6-12-17(15)20(16-10-3-2-4-11-16)23-21(24)18-13-7-8-14-19(18)22/h2-14,20H,1H3,(H,23,24)/t20-/m0/s1. The second-order valence-corrected chi connectivity index (χ2v) is 6.06. The van der Waals surface area contributed by atoms with Crippen LogP contribution in [0.3, 0.4) is 0 Å². The molecule has 0 fully saturated rings. The van der Waals surface area contributed by atoms with E-state index in [1.165, 1.54) is 0 Å². The van der Waals surface area contributed by atoms with E-state index in [9.17, 15) is 4.79 Å². The molecular weight excluding hydrogens is 318 g/mol. The van der Waals surface area contributed by atoms with Gasteiger partial charge in [-0.25, -0.2) is 0 Å². The first-order valence-electron chi connectivity index (χ1n) is 7.82. The van der Waals surface area contributed by atoms with Crippen molar-refractivity contribution in [3.63, 3.8) is 0 Å². The van der Waals surface area contributed by atoms with Gasteiger partial charge < -0.3 is 5.32 Å². The van der Waals surface area contributed by atoms with Gasteiger partial charge in [0.15, 0.2) is 0 Å². The summed E-state index contributed by atoms with van der Waals surface area (Å²) in [4.78, 5) is 12.7. The van der Waals surface area contributed by atoms with Crippen LogP contribution in [0.4, 0.5) is 0 Å². The molecule has 0 aliphatic heterocycles. The molecule has 0 unspecified atom stereocenters. The van der Waals surface area contributed by atoms with Crippen LogP contribution >= 0.6 is 11.6 Å². The maximum absolute atomic E-state index is 12.7. The van der Waals surface area contributed by atoms with Crippen molar-refractivity contribution < 1.29 is 4.79 Å². The topological polar surface area (TPSA) is 29.1 Å². The first-order chi connectivity index (χ1) is 11.7. The smallest absolute Gasteiger partial charge is 0.253 e. The van der Waals surface area contributed by atoms with Gasteiger partial charge >= 0.3 is 0 Å². The minimum absolute atomic E-state index is 0.183. The van der Waals surface area contributed by atoms with E-state index in [0.29, 0.717) is 10.6 Å². The van der Waals surface area contributed by atoms with Crippen LogP contribution in [0, 0.1) is 6.92 Å². The van der Waals surface area contributed by atoms with Gasteiger partial charge in [-0.3, -0.25) is 4.79 Å². The van der Waals surface area contributed by atoms with Gasteiger partial charge in [0.2, 0.25) is 0 Å². The van der Waals surface area contributed by atoms with Gasteiger partial charge in [-0.05, 0) is 35.7 Å². The van der Waals surface area contributed by atoms with Crippen molar-refractivity contribution in [1.82, 2.24) is 5.32 Å². The Hall–Kier alpha value is -2.58. The Morgan fingerprint density at radius 1 is 0.875 bits per heavy atom. The van der Waals surface area contributed by atoms with Gasteiger partial charge in [-0.15, -0.1) is 0 Å². The highest BCUT2D eigenvalue weighted by molar-refractivity contribution is 6.33. The summed E-state index contributed by atoms with van der Waals surface area (Å²) >= 11 is 6.17. The normalized spacial score (nSPS) is 11.8. The lowest BCUT2D eigenvalue weighted by Crippen LogP contribution is -2.30. The van der Waals surface area contributed by atoms with Crippen LogP contribution < -0.4 is 5.32 Å². The molecule has 3 aromatic carbocycles. The maximum Gasteiger partial charge on any atom is 0.253 e. The molecule has 0 aliphatic rings. The predicted molar refractivity (Wildman–Crippen MR) is 98.4 cm³/mol. The number of amides is 1. The summed E-state index contributed by atoms with van der Waals surface area (Å²) in [7, 11) is 0. The first-order valence-corrected chi connectivity index (χ1v) is 8.20. The molecule has 3 rings (SSSR count). The van der Waals surface area contributed by atoms with E-state index in [1.807, 2.05) is 73.7 Å². The highest BCUT2D eigenvalue weighted by Crippen LogP contribution is 2.26. The SMILES string of the molecule is Cc1ccccc1[C@@H](NC(=O)c1ccccc1Cl)c1ccccc1. The molecule has 0 saturated carbocycles. The highest BCUT2D eigenvalue weighted by Gasteiger charge is 2.20. The third-order valence-corrected chi connectivity index (χ3v) is 4.36. The van der Waals surface area contributed by atoms with Crippen molar-refractivity contribution in [3.05, 3.63) is 106 Å². The molecule has 0 heterocycles. The summed E-state index contributed by atoms with van der Waals surface area (Å²) in [5, 5.41) is 3.57. The average Bonchev–Trinajstić information content (AvgIpc) is 2.61. The third-order valence-electron chi connectivity index (χ3n) is 4.03. The monoisotopic (exact) mass is 335 g/mol. The molecule has 0 aliphatic carbocycles. The molecule has 2 nitrogen and oxygen atoms in total. The van der Waals surface area contributed by atoms with Crippen LogP contribution in [0.5, 0.6) is 0 Å². The Kier molecular flexibility index (Phi) is 4.97. The van der Waals surface area contributed by atoms with Gasteiger partial charge in [0, 0.05) is 0 Å². The maximum atomic E-state index is 12.7. The zero-order chi connectivity index (χ0) is 16.9. The number of hydrogen-bond donors (Lipinski definition) is 1. The number of benzene rings is 3. The van der Waals surface area contributed by atoms with E-state index in [0.717, 1.165) is 16.7 Å². The molecule has 0 saturated heterocycles. The molecule has 3 aromatic rings. The number of rotatable bonds is 4. The largest absolute Gasteiger partial charge is 0.341 e. The molecule has 1 N–H and O–H groups in total. The Morgan fingerprint density at radius 2 is 1.50 bits per heavy atom. The van der Waals surface area contributed by atoms with Crippen molar-refractivity contribution in [2.45, 2.75) is 13.0 Å². The zero-order valence-electron chi connectivity index (χ0n) is 13.4. The summed E-state index contributed by atoms with van der Waals surface area (Å²) in [6.07, 6.45) is 0. The van der Waals surface area contributed by atoms with E-state index in [2.05, 4.69) is 5.32 Å². The minimum atomic E-state index is -0.226. The summed E-state index contributed by atoms with van der Waals surface area (Å²) in [6.45, 7) is 2.05. The number of aryl methyl sites for hydroxylation is 1. The molecule has 0 bridgehead atoms. The molecule has 120 valence electrons. The lowest BCUT2D eigenvalue weighted by atomic mass is 9.94. The van der Waals surface area contributed by atoms with Gasteiger partial charge in [0.1, 0.15) is 0 Å². The van der Waals surface area contributed by atoms with Crippen molar-refractivity contribution in [2.75, 3.05) is 0 Å². The molecule has 0 spiro atoms. The summed E-state index contributed by atoms with van der Waals surface area (Å²) in [5.41, 5.74) is 3.72. The van der Waals surface area contributed by atoms with Crippen LogP contribution in [-0.4, -0.2) is 5.91 Å². The number of hydrogen-bond acceptors (Lipinski definition) is 1. The fraction of sp³-hybridized carbons (Fsp3) is 0.0952. The second kappa shape index (κ2) is 7.33. The minimum Gasteiger partial charge on any atom is -0.341 e. The number of carbonyl (C=O) groups excluding carboxylic acids is 1. The molecular formula is C21H18ClNO. The van der Waals surface area contributed by atoms with Crippen LogP contribution in [0.25, 0.3) is 0 Å². The van der Waals surface area contributed by atoms with E-state index in [4.69, 9.17) is 11.6 Å². The van der Waals surface area contributed by atoms with Gasteiger partial charge in [-0.1, -0.05) is 78.3 Å². The first kappa shape index (κ1) is 16.3. The number of halogens is 1. The van der Waals surface area contributed by atoms with Gasteiger partial charge in [-0.2, -0.15) is 0 Å². The van der Waals surface area contributed by atoms with Crippen molar-refractivity contribution in [3.8, 4) is 0 Å².